The number of carboxylic acid groups (broad SMARTS) is 1. The summed E-state index contributed by atoms with van der Waals surface area (Å²) in [6.07, 6.45) is -3.29. The van der Waals surface area contributed by atoms with Crippen molar-refractivity contribution in [2.75, 3.05) is 13.1 Å². The van der Waals surface area contributed by atoms with Crippen LogP contribution in [0.1, 0.15) is 51.3 Å². The fraction of sp³-hybridized carbons (Fsp3) is 0.429. The summed E-state index contributed by atoms with van der Waals surface area (Å²) in [5, 5.41) is 39.0. The number of benzene rings is 3. The number of aliphatic hydroxyl groups is 2. The number of alkyl carbamates (subject to hydrolysis) is 1. The van der Waals surface area contributed by atoms with Crippen LogP contribution in [0.5, 0.6) is 0 Å². The molecule has 0 unspecified atom stereocenters. The number of amides is 2. The minimum absolute atomic E-state index is 0.00764. The zero-order valence-corrected chi connectivity index (χ0v) is 26.3. The predicted octanol–water partition coefficient (Wildman–Crippen LogP) is 4.96. The normalized spacial score (nSPS) is 14.6. The fourth-order valence-electron chi connectivity index (χ4n) is 5.30. The van der Waals surface area contributed by atoms with Gasteiger partial charge in [-0.3, -0.25) is 4.90 Å². The van der Waals surface area contributed by atoms with Crippen molar-refractivity contribution in [1.29, 1.82) is 0 Å². The molecule has 0 aliphatic heterocycles. The zero-order valence-electron chi connectivity index (χ0n) is 26.3. The van der Waals surface area contributed by atoms with E-state index in [-0.39, 0.29) is 19.5 Å². The third-order valence-corrected chi connectivity index (χ3v) is 7.52. The van der Waals surface area contributed by atoms with Crippen molar-refractivity contribution in [2.24, 2.45) is 0 Å². The van der Waals surface area contributed by atoms with Gasteiger partial charge in [0.25, 0.3) is 0 Å². The maximum Gasteiger partial charge on any atom is 0.408 e. The topological polar surface area (TPSA) is 131 Å². The molecule has 0 aliphatic rings. The smallest absolute Gasteiger partial charge is 0.408 e. The first-order valence-corrected chi connectivity index (χ1v) is 15.0. The summed E-state index contributed by atoms with van der Waals surface area (Å²) >= 11 is 0. The second kappa shape index (κ2) is 15.7. The van der Waals surface area contributed by atoms with Crippen LogP contribution in [-0.2, 0) is 23.1 Å². The molecule has 3 rings (SSSR count). The Morgan fingerprint density at radius 3 is 1.73 bits per heavy atom. The third kappa shape index (κ3) is 10.4. The van der Waals surface area contributed by atoms with Crippen molar-refractivity contribution in [2.45, 2.75) is 82.9 Å². The molecule has 0 fully saturated rings. The van der Waals surface area contributed by atoms with Gasteiger partial charge in [0.1, 0.15) is 5.60 Å². The number of nitrogens with one attached hydrogen (secondary N) is 2. The van der Waals surface area contributed by atoms with Crippen LogP contribution < -0.4 is 10.6 Å². The number of rotatable bonds is 14. The number of carbonyl (C=O) groups excluding carboxylic acids is 1. The number of hydrogen-bond acceptors (Lipinski definition) is 6. The van der Waals surface area contributed by atoms with E-state index in [2.05, 4.69) is 10.6 Å². The first kappa shape index (κ1) is 34.6. The molecule has 3 aromatic carbocycles. The quantitative estimate of drug-likeness (QED) is 0.176. The molecule has 9 nitrogen and oxygen atoms in total. The Hall–Kier alpha value is -3.92. The number of nitrogens with zero attached hydrogens (tertiary/aromatic N) is 1. The van der Waals surface area contributed by atoms with Crippen molar-refractivity contribution >= 4 is 12.2 Å². The summed E-state index contributed by atoms with van der Waals surface area (Å²) in [5.74, 6) is 0. The van der Waals surface area contributed by atoms with Crippen LogP contribution in [0.3, 0.4) is 0 Å². The molecular weight excluding hydrogens is 558 g/mol. The number of carbonyl (C=O) groups is 2. The van der Waals surface area contributed by atoms with Crippen molar-refractivity contribution < 1.29 is 29.6 Å². The number of ether oxygens (including phenoxy) is 1. The van der Waals surface area contributed by atoms with Crippen LogP contribution in [0.15, 0.2) is 91.0 Å². The van der Waals surface area contributed by atoms with Gasteiger partial charge in [-0.25, -0.2) is 9.59 Å². The molecule has 5 N–H and O–H groups in total. The van der Waals surface area contributed by atoms with E-state index in [1.54, 1.807) is 20.8 Å². The average molecular weight is 606 g/mol. The summed E-state index contributed by atoms with van der Waals surface area (Å²) in [6, 6.07) is 26.8. The highest BCUT2D eigenvalue weighted by Crippen LogP contribution is 2.32. The highest BCUT2D eigenvalue weighted by Gasteiger charge is 2.41. The zero-order chi connectivity index (χ0) is 32.3. The minimum Gasteiger partial charge on any atom is -0.465 e. The molecule has 0 bridgehead atoms. The summed E-state index contributed by atoms with van der Waals surface area (Å²) in [4.78, 5) is 26.7. The second-order valence-electron chi connectivity index (χ2n) is 12.6. The largest absolute Gasteiger partial charge is 0.465 e. The Bertz CT molecular complexity index is 1300. The maximum absolute atomic E-state index is 12.8. The highest BCUT2D eigenvalue weighted by atomic mass is 16.6. The van der Waals surface area contributed by atoms with E-state index in [9.17, 15) is 24.9 Å². The lowest BCUT2D eigenvalue weighted by molar-refractivity contribution is -0.00113. The van der Waals surface area contributed by atoms with Gasteiger partial charge < -0.3 is 30.7 Å². The molecule has 0 radical (unpaired) electrons. The Labute approximate surface area is 260 Å². The molecule has 0 saturated carbocycles. The number of hydrogen-bond donors (Lipinski definition) is 5. The van der Waals surface area contributed by atoms with Gasteiger partial charge in [-0.15, -0.1) is 0 Å². The Morgan fingerprint density at radius 1 is 0.750 bits per heavy atom. The van der Waals surface area contributed by atoms with Crippen molar-refractivity contribution in [1.82, 2.24) is 15.5 Å². The van der Waals surface area contributed by atoms with Crippen molar-refractivity contribution in [3.63, 3.8) is 0 Å². The maximum atomic E-state index is 12.8. The van der Waals surface area contributed by atoms with E-state index >= 15 is 0 Å². The van der Waals surface area contributed by atoms with E-state index in [1.807, 2.05) is 105 Å². The van der Waals surface area contributed by atoms with Gasteiger partial charge in [0.15, 0.2) is 0 Å². The second-order valence-corrected chi connectivity index (χ2v) is 12.6. The molecule has 4 atom stereocenters. The Kier molecular flexibility index (Phi) is 12.3. The van der Waals surface area contributed by atoms with Crippen LogP contribution >= 0.6 is 0 Å². The van der Waals surface area contributed by atoms with E-state index in [1.165, 1.54) is 4.90 Å². The fourth-order valence-corrected chi connectivity index (χ4v) is 5.30. The lowest BCUT2D eigenvalue weighted by Gasteiger charge is -2.44. The lowest BCUT2D eigenvalue weighted by Crippen LogP contribution is -2.58. The molecule has 0 saturated heterocycles. The summed E-state index contributed by atoms with van der Waals surface area (Å²) in [5.41, 5.74) is 0.956. The van der Waals surface area contributed by atoms with E-state index in [0.29, 0.717) is 6.42 Å². The van der Waals surface area contributed by atoms with Crippen LogP contribution in [-0.4, -0.2) is 75.4 Å². The molecule has 238 valence electrons. The molecule has 3 aromatic rings. The van der Waals surface area contributed by atoms with Gasteiger partial charge in [0.2, 0.25) is 0 Å². The predicted molar refractivity (Wildman–Crippen MR) is 171 cm³/mol. The summed E-state index contributed by atoms with van der Waals surface area (Å²) in [7, 11) is 0. The van der Waals surface area contributed by atoms with Crippen molar-refractivity contribution in [3.05, 3.63) is 108 Å². The standard InChI is InChI=1S/C35H47N3O6/c1-34(2,3)44-32(41)37-28(21-25-15-9-6-10-16-25)30(39)23-36-24-31(40)29(22-26-17-11-7-12-18-26)38(33(42)43)35(4,5)27-19-13-8-14-20-27/h6-20,28-31,36,39-40H,21-24H2,1-5H3,(H,37,41)(H,42,43)/t28-,29-,30+,31+/m0/s1. The Balaban J connectivity index is 1.78. The minimum atomic E-state index is -1.15. The van der Waals surface area contributed by atoms with Gasteiger partial charge in [-0.1, -0.05) is 91.0 Å². The van der Waals surface area contributed by atoms with Gasteiger partial charge in [0.05, 0.1) is 29.8 Å². The van der Waals surface area contributed by atoms with Gasteiger partial charge in [-0.05, 0) is 64.2 Å². The summed E-state index contributed by atoms with van der Waals surface area (Å²) < 4.78 is 5.42. The first-order valence-electron chi connectivity index (χ1n) is 15.0. The highest BCUT2D eigenvalue weighted by molar-refractivity contribution is 5.68. The lowest BCUT2D eigenvalue weighted by atomic mass is 9.88. The van der Waals surface area contributed by atoms with Gasteiger partial charge >= 0.3 is 12.2 Å². The monoisotopic (exact) mass is 605 g/mol. The van der Waals surface area contributed by atoms with Gasteiger partial charge in [-0.2, -0.15) is 0 Å². The van der Waals surface area contributed by atoms with E-state index < -0.39 is 47.6 Å². The van der Waals surface area contributed by atoms with Gasteiger partial charge in [0, 0.05) is 13.1 Å². The molecule has 9 heteroatoms. The number of aliphatic hydroxyl groups excluding tert-OH is 2. The van der Waals surface area contributed by atoms with Crippen LogP contribution in [0, 0.1) is 0 Å². The molecule has 2 amide bonds. The van der Waals surface area contributed by atoms with E-state index in [0.717, 1.165) is 16.7 Å². The molecular formula is C35H47N3O6. The molecule has 44 heavy (non-hydrogen) atoms. The molecule has 0 heterocycles. The first-order chi connectivity index (χ1) is 20.8. The molecule has 0 aliphatic carbocycles. The Morgan fingerprint density at radius 2 is 1.23 bits per heavy atom. The molecule has 0 aromatic heterocycles. The van der Waals surface area contributed by atoms with Crippen LogP contribution in [0.25, 0.3) is 0 Å². The third-order valence-electron chi connectivity index (χ3n) is 7.52. The van der Waals surface area contributed by atoms with Crippen LogP contribution in [0.4, 0.5) is 9.59 Å². The summed E-state index contributed by atoms with van der Waals surface area (Å²) in [6.45, 7) is 9.01. The average Bonchev–Trinajstić information content (AvgIpc) is 2.96. The van der Waals surface area contributed by atoms with E-state index in [4.69, 9.17) is 4.74 Å². The van der Waals surface area contributed by atoms with Crippen molar-refractivity contribution in [3.8, 4) is 0 Å². The SMILES string of the molecule is CC(C)(C)OC(=O)N[C@@H](Cc1ccccc1)[C@H](O)CNC[C@@H](O)[C@H](Cc1ccccc1)N(C(=O)O)C(C)(C)c1ccccc1. The molecule has 0 spiro atoms. The van der Waals surface area contributed by atoms with Crippen LogP contribution in [0.2, 0.25) is 0 Å².